The van der Waals surface area contributed by atoms with Gasteiger partial charge in [0.15, 0.2) is 0 Å². The Morgan fingerprint density at radius 1 is 1.82 bits per heavy atom. The molecule has 0 aromatic rings. The summed E-state index contributed by atoms with van der Waals surface area (Å²) in [5, 5.41) is 3.22. The first kappa shape index (κ1) is 8.71. The zero-order valence-corrected chi connectivity index (χ0v) is 6.97. The van der Waals surface area contributed by atoms with Gasteiger partial charge in [-0.3, -0.25) is 0 Å². The Morgan fingerprint density at radius 2 is 2.64 bits per heavy atom. The van der Waals surface area contributed by atoms with Crippen LogP contribution in [0.3, 0.4) is 0 Å². The van der Waals surface area contributed by atoms with E-state index in [0.717, 1.165) is 26.3 Å². The molecule has 1 unspecified atom stereocenters. The van der Waals surface area contributed by atoms with Crippen LogP contribution in [-0.4, -0.2) is 32.3 Å². The third-order valence-electron chi connectivity index (χ3n) is 1.67. The van der Waals surface area contributed by atoms with Gasteiger partial charge >= 0.3 is 0 Å². The number of nitrogens with two attached hydrogens (primary N) is 1. The summed E-state index contributed by atoms with van der Waals surface area (Å²) in [5.41, 5.74) is 6.97. The van der Waals surface area contributed by atoms with E-state index in [2.05, 4.69) is 11.4 Å². The molecule has 0 amide bonds. The molecular formula is C8H16N2O. The Kier molecular flexibility index (Phi) is 3.56. The van der Waals surface area contributed by atoms with E-state index in [1.165, 1.54) is 5.57 Å². The molecule has 0 fully saturated rings. The molecule has 0 aliphatic carbocycles. The van der Waals surface area contributed by atoms with Crippen molar-refractivity contribution < 1.29 is 4.74 Å². The van der Waals surface area contributed by atoms with Crippen LogP contribution >= 0.6 is 0 Å². The van der Waals surface area contributed by atoms with Crippen molar-refractivity contribution in [1.82, 2.24) is 5.32 Å². The van der Waals surface area contributed by atoms with Gasteiger partial charge in [0.25, 0.3) is 0 Å². The maximum absolute atomic E-state index is 5.70. The Bertz CT molecular complexity index is 145. The molecule has 3 N–H and O–H groups in total. The molecule has 1 rings (SSSR count). The third kappa shape index (κ3) is 3.01. The van der Waals surface area contributed by atoms with E-state index in [1.54, 1.807) is 0 Å². The van der Waals surface area contributed by atoms with E-state index in [4.69, 9.17) is 10.5 Å². The zero-order valence-electron chi connectivity index (χ0n) is 6.97. The van der Waals surface area contributed by atoms with Gasteiger partial charge in [0, 0.05) is 25.7 Å². The van der Waals surface area contributed by atoms with E-state index in [1.807, 2.05) is 6.92 Å². The fraction of sp³-hybridized carbons (Fsp3) is 0.750. The van der Waals surface area contributed by atoms with Gasteiger partial charge in [-0.25, -0.2) is 0 Å². The topological polar surface area (TPSA) is 47.3 Å². The standard InChI is InChI=1S/C8H16N2O/c1-2-11-6-7-3-8(9)5-10-4-7/h3,8,10H,2,4-6,9H2,1H3. The van der Waals surface area contributed by atoms with E-state index in [9.17, 15) is 0 Å². The lowest BCUT2D eigenvalue weighted by atomic mass is 10.1. The summed E-state index contributed by atoms with van der Waals surface area (Å²) in [7, 11) is 0. The van der Waals surface area contributed by atoms with Crippen LogP contribution in [0.2, 0.25) is 0 Å². The average Bonchev–Trinajstić information content (AvgIpc) is 2.01. The molecule has 3 nitrogen and oxygen atoms in total. The van der Waals surface area contributed by atoms with Crippen LogP contribution < -0.4 is 11.1 Å². The van der Waals surface area contributed by atoms with Gasteiger partial charge in [-0.05, 0) is 12.5 Å². The number of hydrogen-bond acceptors (Lipinski definition) is 3. The maximum atomic E-state index is 5.70. The molecule has 0 spiro atoms. The maximum Gasteiger partial charge on any atom is 0.0689 e. The summed E-state index contributed by atoms with van der Waals surface area (Å²) < 4.78 is 5.26. The van der Waals surface area contributed by atoms with Crippen molar-refractivity contribution in [3.8, 4) is 0 Å². The van der Waals surface area contributed by atoms with Crippen LogP contribution in [0.5, 0.6) is 0 Å². The van der Waals surface area contributed by atoms with Gasteiger partial charge < -0.3 is 15.8 Å². The van der Waals surface area contributed by atoms with Gasteiger partial charge in [0.2, 0.25) is 0 Å². The van der Waals surface area contributed by atoms with Crippen molar-refractivity contribution in [2.45, 2.75) is 13.0 Å². The van der Waals surface area contributed by atoms with Crippen molar-refractivity contribution in [3.05, 3.63) is 11.6 Å². The second-order valence-corrected chi connectivity index (χ2v) is 2.76. The normalized spacial score (nSPS) is 24.9. The van der Waals surface area contributed by atoms with Crippen LogP contribution in [0.1, 0.15) is 6.92 Å². The number of rotatable bonds is 3. The average molecular weight is 156 g/mol. The van der Waals surface area contributed by atoms with E-state index >= 15 is 0 Å². The molecule has 0 saturated carbocycles. The van der Waals surface area contributed by atoms with Gasteiger partial charge in [0.1, 0.15) is 0 Å². The summed E-state index contributed by atoms with van der Waals surface area (Å²) in [4.78, 5) is 0. The van der Waals surface area contributed by atoms with Crippen LogP contribution in [0.4, 0.5) is 0 Å². The lowest BCUT2D eigenvalue weighted by Gasteiger charge is -2.18. The van der Waals surface area contributed by atoms with E-state index in [-0.39, 0.29) is 6.04 Å². The Labute approximate surface area is 67.6 Å². The van der Waals surface area contributed by atoms with E-state index < -0.39 is 0 Å². The molecule has 1 aliphatic rings. The van der Waals surface area contributed by atoms with Gasteiger partial charge in [0.05, 0.1) is 6.61 Å². The zero-order chi connectivity index (χ0) is 8.10. The highest BCUT2D eigenvalue weighted by molar-refractivity contribution is 5.12. The predicted octanol–water partition coefficient (Wildman–Crippen LogP) is -0.120. The summed E-state index contributed by atoms with van der Waals surface area (Å²) >= 11 is 0. The third-order valence-corrected chi connectivity index (χ3v) is 1.67. The van der Waals surface area contributed by atoms with Crippen LogP contribution in [0.25, 0.3) is 0 Å². The minimum absolute atomic E-state index is 0.166. The summed E-state index contributed by atoms with van der Waals surface area (Å²) in [6.45, 7) is 5.30. The van der Waals surface area contributed by atoms with Crippen molar-refractivity contribution in [3.63, 3.8) is 0 Å². The number of nitrogens with one attached hydrogen (secondary N) is 1. The minimum Gasteiger partial charge on any atom is -0.377 e. The smallest absolute Gasteiger partial charge is 0.0689 e. The predicted molar refractivity (Wildman–Crippen MR) is 45.4 cm³/mol. The molecule has 0 saturated heterocycles. The molecule has 1 aliphatic heterocycles. The molecule has 0 radical (unpaired) electrons. The van der Waals surface area contributed by atoms with Crippen LogP contribution in [-0.2, 0) is 4.74 Å². The number of ether oxygens (including phenoxy) is 1. The summed E-state index contributed by atoms with van der Waals surface area (Å²) in [5.74, 6) is 0. The molecule has 1 atom stereocenters. The molecule has 1 heterocycles. The SMILES string of the molecule is CCOCC1=CC(N)CNC1. The molecule has 11 heavy (non-hydrogen) atoms. The van der Waals surface area contributed by atoms with Crippen molar-refractivity contribution in [2.75, 3.05) is 26.3 Å². The van der Waals surface area contributed by atoms with Crippen LogP contribution in [0, 0.1) is 0 Å². The minimum atomic E-state index is 0.166. The lowest BCUT2D eigenvalue weighted by molar-refractivity contribution is 0.168. The molecule has 0 bridgehead atoms. The van der Waals surface area contributed by atoms with Gasteiger partial charge in [-0.2, -0.15) is 0 Å². The highest BCUT2D eigenvalue weighted by atomic mass is 16.5. The first-order valence-corrected chi connectivity index (χ1v) is 4.06. The largest absolute Gasteiger partial charge is 0.377 e. The van der Waals surface area contributed by atoms with Crippen molar-refractivity contribution in [1.29, 1.82) is 0 Å². The van der Waals surface area contributed by atoms with Gasteiger partial charge in [-0.1, -0.05) is 6.08 Å². The number of hydrogen-bond donors (Lipinski definition) is 2. The highest BCUT2D eigenvalue weighted by Gasteiger charge is 2.07. The highest BCUT2D eigenvalue weighted by Crippen LogP contribution is 2.00. The quantitative estimate of drug-likeness (QED) is 0.560. The molecule has 3 heteroatoms. The summed E-state index contributed by atoms with van der Waals surface area (Å²) in [6.07, 6.45) is 2.09. The Balaban J connectivity index is 2.31. The van der Waals surface area contributed by atoms with Crippen LogP contribution in [0.15, 0.2) is 11.6 Å². The Morgan fingerprint density at radius 3 is 3.27 bits per heavy atom. The molecule has 0 aromatic heterocycles. The fourth-order valence-electron chi connectivity index (χ4n) is 1.15. The monoisotopic (exact) mass is 156 g/mol. The fourth-order valence-corrected chi connectivity index (χ4v) is 1.15. The van der Waals surface area contributed by atoms with Gasteiger partial charge in [-0.15, -0.1) is 0 Å². The van der Waals surface area contributed by atoms with E-state index in [0.29, 0.717) is 0 Å². The lowest BCUT2D eigenvalue weighted by Crippen LogP contribution is -2.38. The van der Waals surface area contributed by atoms with Crippen molar-refractivity contribution in [2.24, 2.45) is 5.73 Å². The van der Waals surface area contributed by atoms with Crippen molar-refractivity contribution >= 4 is 0 Å². The Hall–Kier alpha value is -0.380. The molecule has 64 valence electrons. The second kappa shape index (κ2) is 4.49. The molecule has 0 aromatic carbocycles. The molecular weight excluding hydrogens is 140 g/mol. The summed E-state index contributed by atoms with van der Waals surface area (Å²) in [6, 6.07) is 0.166. The first-order chi connectivity index (χ1) is 5.33. The second-order valence-electron chi connectivity index (χ2n) is 2.76. The first-order valence-electron chi connectivity index (χ1n) is 4.06.